The van der Waals surface area contributed by atoms with Crippen LogP contribution in [0.3, 0.4) is 0 Å². The molecule has 0 amide bonds. The number of ketones is 1. The lowest BCUT2D eigenvalue weighted by atomic mass is 9.77. The van der Waals surface area contributed by atoms with Crippen LogP contribution in [0.5, 0.6) is 0 Å². The van der Waals surface area contributed by atoms with E-state index in [0.717, 1.165) is 11.8 Å². The van der Waals surface area contributed by atoms with E-state index in [-0.39, 0.29) is 0 Å². The van der Waals surface area contributed by atoms with Gasteiger partial charge in [0.25, 0.3) is 0 Å². The summed E-state index contributed by atoms with van der Waals surface area (Å²) in [5, 5.41) is 0. The monoisotopic (exact) mass is 418 g/mol. The quantitative estimate of drug-likeness (QED) is 0.436. The Morgan fingerprint density at radius 1 is 0.433 bits per heavy atom. The summed E-state index contributed by atoms with van der Waals surface area (Å²) in [6.45, 7) is 4.85. The predicted molar refractivity (Wildman–Crippen MR) is 132 cm³/mol. The summed E-state index contributed by atoms with van der Waals surface area (Å²) >= 11 is 0. The van der Waals surface area contributed by atoms with Crippen molar-refractivity contribution < 1.29 is 4.79 Å². The second kappa shape index (κ2) is 16.3. The summed E-state index contributed by atoms with van der Waals surface area (Å²) in [6, 6.07) is 0. The average Bonchev–Trinajstić information content (AvgIpc) is 2.76. The smallest absolute Gasteiger partial charge is 0.139 e. The van der Waals surface area contributed by atoms with Crippen molar-refractivity contribution in [1.82, 2.24) is 0 Å². The maximum absolute atomic E-state index is 13.8. The molecule has 4 unspecified atom stereocenters. The average molecular weight is 419 g/mol. The molecular weight excluding hydrogens is 364 g/mol. The molecular formula is C29H54O. The van der Waals surface area contributed by atoms with Gasteiger partial charge in [-0.05, 0) is 37.5 Å². The van der Waals surface area contributed by atoms with Crippen LogP contribution in [0, 0.1) is 23.7 Å². The molecule has 0 aromatic rings. The van der Waals surface area contributed by atoms with Gasteiger partial charge in [0.05, 0.1) is 0 Å². The van der Waals surface area contributed by atoms with Crippen molar-refractivity contribution in [2.75, 3.05) is 0 Å². The van der Waals surface area contributed by atoms with E-state index in [1.807, 2.05) is 0 Å². The minimum absolute atomic E-state index is 0.355. The van der Waals surface area contributed by atoms with Crippen LogP contribution >= 0.6 is 0 Å². The van der Waals surface area contributed by atoms with Gasteiger partial charge < -0.3 is 0 Å². The van der Waals surface area contributed by atoms with Crippen LogP contribution in [-0.4, -0.2) is 5.78 Å². The minimum Gasteiger partial charge on any atom is -0.299 e. The van der Waals surface area contributed by atoms with E-state index in [2.05, 4.69) is 13.8 Å². The molecule has 2 aliphatic carbocycles. The van der Waals surface area contributed by atoms with Gasteiger partial charge in [0.15, 0.2) is 0 Å². The second-order valence-corrected chi connectivity index (χ2v) is 11.3. The summed E-state index contributed by atoms with van der Waals surface area (Å²) in [6.07, 6.45) is 29.5. The van der Waals surface area contributed by atoms with Gasteiger partial charge in [0.2, 0.25) is 0 Å². The first-order valence-corrected chi connectivity index (χ1v) is 14.2. The number of Topliss-reactive ketones (excluding diaryl/α,β-unsaturated/α-hetero) is 1. The maximum Gasteiger partial charge on any atom is 0.139 e. The van der Waals surface area contributed by atoms with Crippen LogP contribution < -0.4 is 0 Å². The molecule has 0 N–H and O–H groups in total. The minimum atomic E-state index is 0.355. The molecule has 0 bridgehead atoms. The number of hydrogen-bond acceptors (Lipinski definition) is 1. The highest BCUT2D eigenvalue weighted by atomic mass is 16.1. The SMILES string of the molecule is CC1CCCCCCCCCCC(C(=O)C2CCCCCCCCCCC(C)C2)C1. The summed E-state index contributed by atoms with van der Waals surface area (Å²) in [5.41, 5.74) is 0. The number of hydrogen-bond donors (Lipinski definition) is 0. The molecule has 0 radical (unpaired) electrons. The van der Waals surface area contributed by atoms with E-state index in [0.29, 0.717) is 17.6 Å². The zero-order valence-electron chi connectivity index (χ0n) is 20.8. The molecule has 1 heteroatoms. The predicted octanol–water partition coefficient (Wildman–Crippen LogP) is 9.67. The van der Waals surface area contributed by atoms with Gasteiger partial charge in [0.1, 0.15) is 5.78 Å². The molecule has 2 rings (SSSR count). The Labute approximate surface area is 189 Å². The van der Waals surface area contributed by atoms with E-state index in [4.69, 9.17) is 0 Å². The summed E-state index contributed by atoms with van der Waals surface area (Å²) < 4.78 is 0. The normalized spacial score (nSPS) is 32.9. The molecule has 4 atom stereocenters. The van der Waals surface area contributed by atoms with Crippen molar-refractivity contribution in [2.45, 2.75) is 155 Å². The Bertz CT molecular complexity index is 390. The highest BCUT2D eigenvalue weighted by molar-refractivity contribution is 5.83. The molecule has 2 saturated carbocycles. The lowest BCUT2D eigenvalue weighted by molar-refractivity contribution is -0.128. The second-order valence-electron chi connectivity index (χ2n) is 11.3. The summed E-state index contributed by atoms with van der Waals surface area (Å²) in [4.78, 5) is 13.8. The molecule has 2 fully saturated rings. The molecule has 0 heterocycles. The fourth-order valence-electron chi connectivity index (χ4n) is 6.18. The van der Waals surface area contributed by atoms with Crippen LogP contribution in [0.2, 0.25) is 0 Å². The topological polar surface area (TPSA) is 17.1 Å². The van der Waals surface area contributed by atoms with Gasteiger partial charge >= 0.3 is 0 Å². The van der Waals surface area contributed by atoms with E-state index in [9.17, 15) is 4.79 Å². The lowest BCUT2D eigenvalue weighted by Crippen LogP contribution is -2.27. The molecule has 0 aliphatic heterocycles. The largest absolute Gasteiger partial charge is 0.299 e. The van der Waals surface area contributed by atoms with Crippen molar-refractivity contribution in [3.63, 3.8) is 0 Å². The Balaban J connectivity index is 1.98. The van der Waals surface area contributed by atoms with Crippen LogP contribution in [0.25, 0.3) is 0 Å². The molecule has 0 aromatic carbocycles. The van der Waals surface area contributed by atoms with Crippen molar-refractivity contribution in [3.8, 4) is 0 Å². The van der Waals surface area contributed by atoms with Crippen LogP contribution in [0.1, 0.15) is 155 Å². The van der Waals surface area contributed by atoms with Crippen LogP contribution in [0.15, 0.2) is 0 Å². The highest BCUT2D eigenvalue weighted by Gasteiger charge is 2.29. The molecule has 30 heavy (non-hydrogen) atoms. The maximum atomic E-state index is 13.8. The number of carbonyl (C=O) groups excluding carboxylic acids is 1. The molecule has 0 aromatic heterocycles. The van der Waals surface area contributed by atoms with Gasteiger partial charge in [-0.2, -0.15) is 0 Å². The van der Waals surface area contributed by atoms with Crippen LogP contribution in [-0.2, 0) is 4.79 Å². The van der Waals surface area contributed by atoms with Gasteiger partial charge in [-0.3, -0.25) is 4.79 Å². The zero-order chi connectivity index (χ0) is 21.4. The molecule has 0 spiro atoms. The van der Waals surface area contributed by atoms with E-state index >= 15 is 0 Å². The van der Waals surface area contributed by atoms with Gasteiger partial charge in [-0.25, -0.2) is 0 Å². The lowest BCUT2D eigenvalue weighted by Gasteiger charge is -2.27. The number of rotatable bonds is 2. The van der Waals surface area contributed by atoms with Crippen molar-refractivity contribution in [1.29, 1.82) is 0 Å². The first-order chi connectivity index (χ1) is 14.7. The Hall–Kier alpha value is -0.330. The van der Waals surface area contributed by atoms with Crippen molar-refractivity contribution in [3.05, 3.63) is 0 Å². The third-order valence-corrected chi connectivity index (χ3v) is 8.18. The van der Waals surface area contributed by atoms with E-state index in [1.54, 1.807) is 0 Å². The fourth-order valence-corrected chi connectivity index (χ4v) is 6.18. The Morgan fingerprint density at radius 2 is 0.700 bits per heavy atom. The third kappa shape index (κ3) is 11.3. The zero-order valence-corrected chi connectivity index (χ0v) is 20.8. The van der Waals surface area contributed by atoms with Gasteiger partial charge in [-0.15, -0.1) is 0 Å². The van der Waals surface area contributed by atoms with E-state index < -0.39 is 0 Å². The van der Waals surface area contributed by atoms with E-state index in [1.165, 1.54) is 141 Å². The third-order valence-electron chi connectivity index (χ3n) is 8.18. The van der Waals surface area contributed by atoms with Gasteiger partial charge in [0, 0.05) is 11.8 Å². The first-order valence-electron chi connectivity index (χ1n) is 14.2. The summed E-state index contributed by atoms with van der Waals surface area (Å²) in [7, 11) is 0. The Kier molecular flexibility index (Phi) is 14.1. The molecule has 1 nitrogen and oxygen atoms in total. The van der Waals surface area contributed by atoms with Crippen molar-refractivity contribution >= 4 is 5.78 Å². The molecule has 0 saturated heterocycles. The first kappa shape index (κ1) is 25.9. The molecule has 176 valence electrons. The van der Waals surface area contributed by atoms with Crippen molar-refractivity contribution in [2.24, 2.45) is 23.7 Å². The van der Waals surface area contributed by atoms with Gasteiger partial charge in [-0.1, -0.05) is 129 Å². The number of carbonyl (C=O) groups is 1. The summed E-state index contributed by atoms with van der Waals surface area (Å²) in [5.74, 6) is 2.85. The van der Waals surface area contributed by atoms with Crippen LogP contribution in [0.4, 0.5) is 0 Å². The standard InChI is InChI=1S/C29H54O/c1-25-19-15-11-7-3-5-9-13-17-21-27(23-25)29(30)28-22-18-14-10-6-4-8-12-16-20-26(2)24-28/h25-28H,3-24H2,1-2H3. The molecule has 2 aliphatic rings. The Morgan fingerprint density at radius 3 is 1.03 bits per heavy atom. The fraction of sp³-hybridized carbons (Fsp3) is 0.966. The highest BCUT2D eigenvalue weighted by Crippen LogP contribution is 2.32.